The Labute approximate surface area is 139 Å². The SMILES string of the molecule is CC(C)(C)OC(=O)N1CCNC(CCOCc2ccccc2)C1. The van der Waals surface area contributed by atoms with E-state index in [9.17, 15) is 4.79 Å². The second-order valence-corrected chi connectivity index (χ2v) is 6.90. The minimum Gasteiger partial charge on any atom is -0.444 e. The first-order valence-corrected chi connectivity index (χ1v) is 8.27. The molecule has 1 atom stereocenters. The van der Waals surface area contributed by atoms with E-state index in [0.717, 1.165) is 13.0 Å². The van der Waals surface area contributed by atoms with Crippen molar-refractivity contribution in [1.82, 2.24) is 10.2 Å². The zero-order chi connectivity index (χ0) is 16.7. The predicted molar refractivity (Wildman–Crippen MR) is 90.3 cm³/mol. The Balaban J connectivity index is 1.68. The molecule has 2 rings (SSSR count). The van der Waals surface area contributed by atoms with Crippen LogP contribution in [0.25, 0.3) is 0 Å². The highest BCUT2D eigenvalue weighted by Gasteiger charge is 2.27. The number of amides is 1. The lowest BCUT2D eigenvalue weighted by atomic mass is 10.1. The van der Waals surface area contributed by atoms with Crippen LogP contribution in [0.1, 0.15) is 32.8 Å². The third-order valence-electron chi connectivity index (χ3n) is 3.63. The molecule has 0 bridgehead atoms. The maximum Gasteiger partial charge on any atom is 0.410 e. The zero-order valence-corrected chi connectivity index (χ0v) is 14.4. The Morgan fingerprint density at radius 1 is 1.30 bits per heavy atom. The van der Waals surface area contributed by atoms with Gasteiger partial charge in [0.2, 0.25) is 0 Å². The van der Waals surface area contributed by atoms with Crippen molar-refractivity contribution in [3.05, 3.63) is 35.9 Å². The van der Waals surface area contributed by atoms with Gasteiger partial charge >= 0.3 is 6.09 Å². The first kappa shape index (κ1) is 17.8. The summed E-state index contributed by atoms with van der Waals surface area (Å²) in [4.78, 5) is 13.9. The molecule has 1 N–H and O–H groups in total. The van der Waals surface area contributed by atoms with E-state index in [1.165, 1.54) is 5.56 Å². The number of carbonyl (C=O) groups excluding carboxylic acids is 1. The second-order valence-electron chi connectivity index (χ2n) is 6.90. The lowest BCUT2D eigenvalue weighted by Crippen LogP contribution is -2.53. The summed E-state index contributed by atoms with van der Waals surface area (Å²) in [6, 6.07) is 10.4. The van der Waals surface area contributed by atoms with Gasteiger partial charge in [-0.2, -0.15) is 0 Å². The van der Waals surface area contributed by atoms with Gasteiger partial charge in [0.1, 0.15) is 5.60 Å². The van der Waals surface area contributed by atoms with Crippen molar-refractivity contribution in [2.45, 2.75) is 45.4 Å². The van der Waals surface area contributed by atoms with E-state index in [-0.39, 0.29) is 12.1 Å². The molecule has 0 aromatic heterocycles. The average molecular weight is 320 g/mol. The normalized spacial score (nSPS) is 18.7. The van der Waals surface area contributed by atoms with E-state index in [1.807, 2.05) is 39.0 Å². The highest BCUT2D eigenvalue weighted by atomic mass is 16.6. The van der Waals surface area contributed by atoms with Crippen LogP contribution in [-0.4, -0.2) is 48.9 Å². The maximum atomic E-state index is 12.1. The number of benzene rings is 1. The lowest BCUT2D eigenvalue weighted by molar-refractivity contribution is 0.0175. The van der Waals surface area contributed by atoms with Crippen molar-refractivity contribution in [3.63, 3.8) is 0 Å². The molecule has 1 amide bonds. The fourth-order valence-electron chi connectivity index (χ4n) is 2.50. The van der Waals surface area contributed by atoms with E-state index in [1.54, 1.807) is 4.90 Å². The fraction of sp³-hybridized carbons (Fsp3) is 0.611. The van der Waals surface area contributed by atoms with Crippen molar-refractivity contribution >= 4 is 6.09 Å². The third-order valence-corrected chi connectivity index (χ3v) is 3.63. The first-order valence-electron chi connectivity index (χ1n) is 8.27. The van der Waals surface area contributed by atoms with Crippen LogP contribution in [0, 0.1) is 0 Å². The molecule has 1 saturated heterocycles. The van der Waals surface area contributed by atoms with Crippen LogP contribution < -0.4 is 5.32 Å². The van der Waals surface area contributed by atoms with Crippen molar-refractivity contribution in [2.24, 2.45) is 0 Å². The Kier molecular flexibility index (Phi) is 6.42. The Bertz CT molecular complexity index is 485. The first-order chi connectivity index (χ1) is 10.9. The smallest absolute Gasteiger partial charge is 0.410 e. The molecule has 0 saturated carbocycles. The molecule has 23 heavy (non-hydrogen) atoms. The predicted octanol–water partition coefficient (Wildman–Crippen LogP) is 2.80. The molecule has 1 aromatic rings. The van der Waals surface area contributed by atoms with Crippen LogP contribution in [0.15, 0.2) is 30.3 Å². The van der Waals surface area contributed by atoms with Gasteiger partial charge in [-0.3, -0.25) is 0 Å². The number of hydrogen-bond acceptors (Lipinski definition) is 4. The van der Waals surface area contributed by atoms with Crippen LogP contribution >= 0.6 is 0 Å². The molecule has 1 unspecified atom stereocenters. The summed E-state index contributed by atoms with van der Waals surface area (Å²) in [5, 5.41) is 3.44. The monoisotopic (exact) mass is 320 g/mol. The molecule has 1 aromatic carbocycles. The number of piperazine rings is 1. The summed E-state index contributed by atoms with van der Waals surface area (Å²) in [7, 11) is 0. The van der Waals surface area contributed by atoms with Crippen LogP contribution in [0.5, 0.6) is 0 Å². The van der Waals surface area contributed by atoms with Crippen LogP contribution in [0.2, 0.25) is 0 Å². The lowest BCUT2D eigenvalue weighted by Gasteiger charge is -2.34. The number of ether oxygens (including phenoxy) is 2. The summed E-state index contributed by atoms with van der Waals surface area (Å²) >= 11 is 0. The number of nitrogens with one attached hydrogen (secondary N) is 1. The minimum absolute atomic E-state index is 0.228. The molecule has 0 radical (unpaired) electrons. The van der Waals surface area contributed by atoms with Crippen molar-refractivity contribution < 1.29 is 14.3 Å². The van der Waals surface area contributed by atoms with Crippen LogP contribution in [0.3, 0.4) is 0 Å². The van der Waals surface area contributed by atoms with Crippen molar-refractivity contribution in [3.8, 4) is 0 Å². The van der Waals surface area contributed by atoms with Gasteiger partial charge in [0.15, 0.2) is 0 Å². The summed E-state index contributed by atoms with van der Waals surface area (Å²) < 4.78 is 11.2. The molecule has 0 spiro atoms. The minimum atomic E-state index is -0.448. The zero-order valence-electron chi connectivity index (χ0n) is 14.4. The highest BCUT2D eigenvalue weighted by Crippen LogP contribution is 2.12. The largest absolute Gasteiger partial charge is 0.444 e. The highest BCUT2D eigenvalue weighted by molar-refractivity contribution is 5.68. The number of nitrogens with zero attached hydrogens (tertiary/aromatic N) is 1. The van der Waals surface area contributed by atoms with E-state index >= 15 is 0 Å². The van der Waals surface area contributed by atoms with E-state index in [2.05, 4.69) is 17.4 Å². The molecule has 1 aliphatic rings. The maximum absolute atomic E-state index is 12.1. The van der Waals surface area contributed by atoms with E-state index < -0.39 is 5.60 Å². The van der Waals surface area contributed by atoms with Gasteiger partial charge in [0, 0.05) is 32.3 Å². The summed E-state index contributed by atoms with van der Waals surface area (Å²) in [5.41, 5.74) is 0.732. The molecule has 5 nitrogen and oxygen atoms in total. The average Bonchev–Trinajstić information content (AvgIpc) is 2.51. The van der Waals surface area contributed by atoms with E-state index in [0.29, 0.717) is 26.3 Å². The topological polar surface area (TPSA) is 50.8 Å². The van der Waals surface area contributed by atoms with Gasteiger partial charge in [-0.05, 0) is 32.8 Å². The van der Waals surface area contributed by atoms with Crippen molar-refractivity contribution in [2.75, 3.05) is 26.2 Å². The summed E-state index contributed by atoms with van der Waals surface area (Å²) in [5.74, 6) is 0. The number of rotatable bonds is 5. The second kappa shape index (κ2) is 8.31. The van der Waals surface area contributed by atoms with Crippen LogP contribution in [0.4, 0.5) is 4.79 Å². The molecule has 1 fully saturated rings. The third kappa shape index (κ3) is 6.59. The molecule has 0 aliphatic carbocycles. The number of hydrogen-bond donors (Lipinski definition) is 1. The molecule has 1 aliphatic heterocycles. The number of carbonyl (C=O) groups is 1. The van der Waals surface area contributed by atoms with Gasteiger partial charge in [-0.25, -0.2) is 4.79 Å². The Hall–Kier alpha value is -1.59. The Morgan fingerprint density at radius 2 is 2.04 bits per heavy atom. The van der Waals surface area contributed by atoms with Gasteiger partial charge in [0.25, 0.3) is 0 Å². The molecule has 128 valence electrons. The molecular formula is C18H28N2O3. The van der Waals surface area contributed by atoms with Gasteiger partial charge in [-0.1, -0.05) is 30.3 Å². The van der Waals surface area contributed by atoms with Gasteiger partial charge in [0.05, 0.1) is 6.61 Å². The van der Waals surface area contributed by atoms with Gasteiger partial charge < -0.3 is 19.7 Å². The summed E-state index contributed by atoms with van der Waals surface area (Å²) in [6.07, 6.45) is 0.653. The Morgan fingerprint density at radius 3 is 2.74 bits per heavy atom. The quantitative estimate of drug-likeness (QED) is 0.848. The van der Waals surface area contributed by atoms with E-state index in [4.69, 9.17) is 9.47 Å². The molecular weight excluding hydrogens is 292 g/mol. The van der Waals surface area contributed by atoms with Gasteiger partial charge in [-0.15, -0.1) is 0 Å². The van der Waals surface area contributed by atoms with Crippen molar-refractivity contribution in [1.29, 1.82) is 0 Å². The summed E-state index contributed by atoms with van der Waals surface area (Å²) in [6.45, 7) is 9.13. The fourth-order valence-corrected chi connectivity index (χ4v) is 2.50. The molecule has 1 heterocycles. The van der Waals surface area contributed by atoms with Crippen LogP contribution in [-0.2, 0) is 16.1 Å². The standard InChI is InChI=1S/C18H28N2O3/c1-18(2,3)23-17(21)20-11-10-19-16(13-20)9-12-22-14-15-7-5-4-6-8-15/h4-8,16,19H,9-14H2,1-3H3. The molecule has 5 heteroatoms.